The minimum absolute atomic E-state index is 0.250. The Morgan fingerprint density at radius 1 is 1.12 bits per heavy atom. The molecule has 26 heavy (non-hydrogen) atoms. The van der Waals surface area contributed by atoms with Gasteiger partial charge < -0.3 is 9.51 Å². The lowest BCUT2D eigenvalue weighted by atomic mass is 10.1. The molecule has 0 aliphatic heterocycles. The Labute approximate surface area is 158 Å². The fourth-order valence-corrected chi connectivity index (χ4v) is 3.29. The van der Waals surface area contributed by atoms with Gasteiger partial charge in [-0.1, -0.05) is 46.6 Å². The number of H-pyrrole nitrogens is 1. The summed E-state index contributed by atoms with van der Waals surface area (Å²) in [5, 5.41) is 7.47. The van der Waals surface area contributed by atoms with Crippen LogP contribution in [0.15, 0.2) is 47.0 Å². The smallest absolute Gasteiger partial charge is 0.263 e. The average molecular weight is 387 g/mol. The van der Waals surface area contributed by atoms with Gasteiger partial charge in [0.2, 0.25) is 5.95 Å². The molecule has 0 aliphatic carbocycles. The van der Waals surface area contributed by atoms with E-state index in [1.54, 1.807) is 25.1 Å². The van der Waals surface area contributed by atoms with Crippen LogP contribution in [-0.2, 0) is 0 Å². The summed E-state index contributed by atoms with van der Waals surface area (Å²) in [4.78, 5) is 20.2. The molecule has 4 rings (SSSR count). The van der Waals surface area contributed by atoms with E-state index in [0.717, 1.165) is 11.0 Å². The molecule has 4 aromatic rings. The molecule has 0 aliphatic rings. The van der Waals surface area contributed by atoms with Gasteiger partial charge in [0.05, 0.1) is 21.1 Å². The highest BCUT2D eigenvalue weighted by Crippen LogP contribution is 2.36. The van der Waals surface area contributed by atoms with Crippen LogP contribution in [0.1, 0.15) is 16.1 Å². The molecule has 2 aromatic carbocycles. The van der Waals surface area contributed by atoms with Crippen molar-refractivity contribution in [3.8, 4) is 11.3 Å². The van der Waals surface area contributed by atoms with Crippen molar-refractivity contribution in [3.05, 3.63) is 63.8 Å². The molecule has 6 nitrogen and oxygen atoms in total. The number of halogens is 2. The van der Waals surface area contributed by atoms with Crippen LogP contribution in [0.4, 0.5) is 5.95 Å². The third-order valence-electron chi connectivity index (χ3n) is 3.91. The Morgan fingerprint density at radius 3 is 2.58 bits per heavy atom. The van der Waals surface area contributed by atoms with E-state index in [1.165, 1.54) is 0 Å². The zero-order valence-corrected chi connectivity index (χ0v) is 15.0. The Bertz CT molecular complexity index is 1080. The third kappa shape index (κ3) is 2.83. The van der Waals surface area contributed by atoms with Crippen LogP contribution in [-0.4, -0.2) is 21.0 Å². The first-order valence-electron chi connectivity index (χ1n) is 7.71. The summed E-state index contributed by atoms with van der Waals surface area (Å²) < 4.78 is 5.22. The largest absolute Gasteiger partial charge is 0.360 e. The van der Waals surface area contributed by atoms with E-state index < -0.39 is 5.91 Å². The van der Waals surface area contributed by atoms with Crippen LogP contribution in [0.3, 0.4) is 0 Å². The minimum Gasteiger partial charge on any atom is -0.360 e. The molecule has 0 radical (unpaired) electrons. The highest BCUT2D eigenvalue weighted by Gasteiger charge is 2.25. The summed E-state index contributed by atoms with van der Waals surface area (Å²) in [6, 6.07) is 12.5. The number of benzene rings is 2. The predicted molar refractivity (Wildman–Crippen MR) is 101 cm³/mol. The number of fused-ring (bicyclic) bond motifs is 1. The first kappa shape index (κ1) is 16.6. The Balaban J connectivity index is 1.74. The van der Waals surface area contributed by atoms with E-state index in [0.29, 0.717) is 27.3 Å². The fourth-order valence-electron chi connectivity index (χ4n) is 2.72. The van der Waals surface area contributed by atoms with E-state index in [4.69, 9.17) is 27.7 Å². The lowest BCUT2D eigenvalue weighted by molar-refractivity contribution is 0.102. The van der Waals surface area contributed by atoms with Gasteiger partial charge in [0.1, 0.15) is 17.0 Å². The molecule has 0 atom stereocenters. The Hall–Kier alpha value is -2.83. The number of aryl methyl sites for hydroxylation is 1. The van der Waals surface area contributed by atoms with Crippen molar-refractivity contribution in [2.45, 2.75) is 6.92 Å². The van der Waals surface area contributed by atoms with Crippen LogP contribution in [0.5, 0.6) is 0 Å². The van der Waals surface area contributed by atoms with Gasteiger partial charge in [-0.2, -0.15) is 0 Å². The van der Waals surface area contributed by atoms with Gasteiger partial charge in [-0.3, -0.25) is 10.1 Å². The van der Waals surface area contributed by atoms with E-state index in [-0.39, 0.29) is 11.3 Å². The highest BCUT2D eigenvalue weighted by molar-refractivity contribution is 6.39. The quantitative estimate of drug-likeness (QED) is 0.513. The summed E-state index contributed by atoms with van der Waals surface area (Å²) in [5.74, 6) is 0.256. The topological polar surface area (TPSA) is 83.8 Å². The number of rotatable bonds is 3. The van der Waals surface area contributed by atoms with Gasteiger partial charge in [-0.15, -0.1) is 0 Å². The van der Waals surface area contributed by atoms with Gasteiger partial charge in [0.15, 0.2) is 0 Å². The first-order valence-corrected chi connectivity index (χ1v) is 8.47. The molecule has 2 N–H and O–H groups in total. The van der Waals surface area contributed by atoms with Crippen molar-refractivity contribution < 1.29 is 9.32 Å². The number of anilines is 1. The normalized spacial score (nSPS) is 11.0. The first-order chi connectivity index (χ1) is 12.5. The maximum absolute atomic E-state index is 12.8. The van der Waals surface area contributed by atoms with E-state index in [1.807, 2.05) is 24.3 Å². The number of hydrogen-bond donors (Lipinski definition) is 2. The number of imidazole rings is 1. The zero-order chi connectivity index (χ0) is 18.3. The maximum atomic E-state index is 12.8. The van der Waals surface area contributed by atoms with Crippen LogP contribution >= 0.6 is 23.2 Å². The molecular formula is C18H12Cl2N4O2. The second-order valence-corrected chi connectivity index (χ2v) is 6.43. The zero-order valence-electron chi connectivity index (χ0n) is 13.5. The standard InChI is InChI=1S/C18H12Cl2N4O2/c1-9-14(16(24-26-9)15-10(19)5-4-6-11(15)20)17(25)23-18-21-12-7-2-3-8-13(12)22-18/h2-8H,1H3,(H2,21,22,23,25). The fraction of sp³-hybridized carbons (Fsp3) is 0.0556. The number of nitrogens with one attached hydrogen (secondary N) is 2. The van der Waals surface area contributed by atoms with Crippen molar-refractivity contribution in [1.29, 1.82) is 0 Å². The molecule has 0 saturated heterocycles. The van der Waals surface area contributed by atoms with Gasteiger partial charge in [0, 0.05) is 5.56 Å². The van der Waals surface area contributed by atoms with Crippen molar-refractivity contribution in [2.24, 2.45) is 0 Å². The molecule has 0 unspecified atom stereocenters. The summed E-state index contributed by atoms with van der Waals surface area (Å²) in [6.07, 6.45) is 0. The van der Waals surface area contributed by atoms with Crippen molar-refractivity contribution in [2.75, 3.05) is 5.32 Å². The number of carbonyl (C=O) groups is 1. The van der Waals surface area contributed by atoms with Crippen LogP contribution in [0, 0.1) is 6.92 Å². The summed E-state index contributed by atoms with van der Waals surface area (Å²) >= 11 is 12.5. The molecule has 2 heterocycles. The number of amides is 1. The van der Waals surface area contributed by atoms with Gasteiger partial charge >= 0.3 is 0 Å². The van der Waals surface area contributed by atoms with Gasteiger partial charge in [-0.05, 0) is 31.2 Å². The average Bonchev–Trinajstić information content (AvgIpc) is 3.17. The van der Waals surface area contributed by atoms with E-state index >= 15 is 0 Å². The number of para-hydroxylation sites is 2. The van der Waals surface area contributed by atoms with Crippen LogP contribution < -0.4 is 5.32 Å². The Morgan fingerprint density at radius 2 is 1.85 bits per heavy atom. The van der Waals surface area contributed by atoms with Gasteiger partial charge in [-0.25, -0.2) is 4.98 Å². The molecule has 0 fully saturated rings. The van der Waals surface area contributed by atoms with E-state index in [2.05, 4.69) is 20.4 Å². The lowest BCUT2D eigenvalue weighted by Crippen LogP contribution is -2.14. The second-order valence-electron chi connectivity index (χ2n) is 5.62. The number of hydrogen-bond acceptors (Lipinski definition) is 4. The SMILES string of the molecule is Cc1onc(-c2c(Cl)cccc2Cl)c1C(=O)Nc1nc2ccccc2[nH]1. The number of nitrogens with zero attached hydrogens (tertiary/aromatic N) is 2. The number of aromatic nitrogens is 3. The minimum atomic E-state index is -0.422. The summed E-state index contributed by atoms with van der Waals surface area (Å²) in [7, 11) is 0. The number of aromatic amines is 1. The second kappa shape index (κ2) is 6.48. The van der Waals surface area contributed by atoms with Crippen LogP contribution in [0.25, 0.3) is 22.3 Å². The molecular weight excluding hydrogens is 375 g/mol. The molecule has 2 aromatic heterocycles. The third-order valence-corrected chi connectivity index (χ3v) is 4.54. The maximum Gasteiger partial charge on any atom is 0.263 e. The molecule has 130 valence electrons. The van der Waals surface area contributed by atoms with Crippen LogP contribution in [0.2, 0.25) is 10.0 Å². The molecule has 8 heteroatoms. The summed E-state index contributed by atoms with van der Waals surface area (Å²) in [5.41, 5.74) is 2.55. The van der Waals surface area contributed by atoms with Crippen molar-refractivity contribution in [3.63, 3.8) is 0 Å². The highest BCUT2D eigenvalue weighted by atomic mass is 35.5. The predicted octanol–water partition coefficient (Wildman–Crippen LogP) is 5.09. The van der Waals surface area contributed by atoms with Crippen molar-refractivity contribution in [1.82, 2.24) is 15.1 Å². The van der Waals surface area contributed by atoms with Gasteiger partial charge in [0.25, 0.3) is 5.91 Å². The van der Waals surface area contributed by atoms with Crippen molar-refractivity contribution >= 4 is 46.1 Å². The summed E-state index contributed by atoms with van der Waals surface area (Å²) in [6.45, 7) is 1.65. The lowest BCUT2D eigenvalue weighted by Gasteiger charge is -2.06. The monoisotopic (exact) mass is 386 g/mol. The molecule has 1 amide bonds. The number of carbonyl (C=O) groups excluding carboxylic acids is 1. The molecule has 0 saturated carbocycles. The molecule has 0 spiro atoms. The Kier molecular flexibility index (Phi) is 4.14. The van der Waals surface area contributed by atoms with E-state index in [9.17, 15) is 4.79 Å². The molecule has 0 bridgehead atoms.